The molecule has 0 bridgehead atoms. The van der Waals surface area contributed by atoms with E-state index in [1.54, 1.807) is 12.1 Å². The fraction of sp³-hybridized carbons (Fsp3) is 0.632. The van der Waals surface area contributed by atoms with Crippen molar-refractivity contribution in [2.24, 2.45) is 5.92 Å². The Morgan fingerprint density at radius 1 is 1.24 bits per heavy atom. The van der Waals surface area contributed by atoms with Crippen molar-refractivity contribution < 1.29 is 23.8 Å². The molecule has 0 aliphatic carbocycles. The number of carbonyl (C=O) groups excluding carboxylic acids is 1. The van der Waals surface area contributed by atoms with E-state index in [-0.39, 0.29) is 11.7 Å². The molecule has 1 N–H and O–H groups in total. The highest BCUT2D eigenvalue weighted by molar-refractivity contribution is 5.76. The van der Waals surface area contributed by atoms with Crippen molar-refractivity contribution in [1.82, 2.24) is 4.90 Å². The number of nitrogens with zero attached hydrogens (tertiary/aromatic N) is 1. The Kier molecular flexibility index (Phi) is 6.26. The summed E-state index contributed by atoms with van der Waals surface area (Å²) in [5.41, 5.74) is 0. The quantitative estimate of drug-likeness (QED) is 0.905. The van der Waals surface area contributed by atoms with Crippen molar-refractivity contribution in [3.63, 3.8) is 0 Å². The first kappa shape index (κ1) is 18.1. The van der Waals surface area contributed by atoms with E-state index in [0.717, 1.165) is 26.1 Å². The molecule has 2 aliphatic heterocycles. The van der Waals surface area contributed by atoms with E-state index in [0.29, 0.717) is 44.0 Å². The molecule has 0 spiro atoms. The smallest absolute Gasteiger partial charge is 0.222 e. The molecule has 0 saturated carbocycles. The van der Waals surface area contributed by atoms with Crippen LogP contribution in [0.2, 0.25) is 0 Å². The zero-order valence-electron chi connectivity index (χ0n) is 14.4. The summed E-state index contributed by atoms with van der Waals surface area (Å²) in [6, 6.07) is 5.92. The van der Waals surface area contributed by atoms with Crippen LogP contribution in [-0.4, -0.2) is 54.4 Å². The van der Waals surface area contributed by atoms with Crippen LogP contribution in [0.4, 0.5) is 4.39 Å². The number of rotatable bonds is 4. The van der Waals surface area contributed by atoms with Gasteiger partial charge in [0, 0.05) is 45.2 Å². The number of aliphatic hydroxyl groups is 1. The lowest BCUT2D eigenvalue weighted by atomic mass is 9.96. The van der Waals surface area contributed by atoms with Crippen molar-refractivity contribution in [2.45, 2.75) is 44.3 Å². The number of hydrogen-bond acceptors (Lipinski definition) is 4. The van der Waals surface area contributed by atoms with E-state index in [4.69, 9.17) is 9.47 Å². The van der Waals surface area contributed by atoms with Gasteiger partial charge in [0.25, 0.3) is 0 Å². The van der Waals surface area contributed by atoms with E-state index in [9.17, 15) is 14.3 Å². The molecule has 138 valence electrons. The Hall–Kier alpha value is -1.66. The summed E-state index contributed by atoms with van der Waals surface area (Å²) < 4.78 is 24.4. The Morgan fingerprint density at radius 3 is 2.76 bits per heavy atom. The molecule has 2 heterocycles. The number of ether oxygens (including phenoxy) is 2. The van der Waals surface area contributed by atoms with Gasteiger partial charge in [0.1, 0.15) is 17.7 Å². The molecule has 2 saturated heterocycles. The lowest BCUT2D eigenvalue weighted by Crippen LogP contribution is -2.34. The molecule has 2 atom stereocenters. The SMILES string of the molecule is O=C(CC1CCOCC1)N1CC[C@H](Oc2cccc(F)c2)[C@@H](O)CC1. The molecule has 6 heteroatoms. The van der Waals surface area contributed by atoms with Gasteiger partial charge in [0.05, 0.1) is 6.10 Å². The van der Waals surface area contributed by atoms with Crippen LogP contribution in [0.5, 0.6) is 5.75 Å². The molecular weight excluding hydrogens is 325 g/mol. The van der Waals surface area contributed by atoms with Gasteiger partial charge in [-0.15, -0.1) is 0 Å². The summed E-state index contributed by atoms with van der Waals surface area (Å²) in [5, 5.41) is 10.3. The van der Waals surface area contributed by atoms with Crippen LogP contribution < -0.4 is 4.74 Å². The zero-order valence-corrected chi connectivity index (χ0v) is 14.4. The highest BCUT2D eigenvalue weighted by Crippen LogP contribution is 2.23. The molecule has 1 aromatic rings. The summed E-state index contributed by atoms with van der Waals surface area (Å²) in [5.74, 6) is 0.583. The Balaban J connectivity index is 1.53. The van der Waals surface area contributed by atoms with E-state index >= 15 is 0 Å². The van der Waals surface area contributed by atoms with Crippen molar-refractivity contribution in [1.29, 1.82) is 0 Å². The van der Waals surface area contributed by atoms with Crippen molar-refractivity contribution in [3.8, 4) is 5.75 Å². The Morgan fingerprint density at radius 2 is 2.00 bits per heavy atom. The predicted molar refractivity (Wildman–Crippen MR) is 90.8 cm³/mol. The van der Waals surface area contributed by atoms with E-state index in [1.165, 1.54) is 12.1 Å². The number of halogens is 1. The third-order valence-electron chi connectivity index (χ3n) is 5.05. The van der Waals surface area contributed by atoms with Gasteiger partial charge in [0.15, 0.2) is 0 Å². The molecule has 3 rings (SSSR count). The molecule has 0 aromatic heterocycles. The van der Waals surface area contributed by atoms with Crippen LogP contribution in [0, 0.1) is 11.7 Å². The third-order valence-corrected chi connectivity index (χ3v) is 5.05. The van der Waals surface area contributed by atoms with Crippen molar-refractivity contribution in [2.75, 3.05) is 26.3 Å². The highest BCUT2D eigenvalue weighted by Gasteiger charge is 2.29. The minimum Gasteiger partial charge on any atom is -0.488 e. The van der Waals surface area contributed by atoms with E-state index < -0.39 is 12.2 Å². The molecule has 25 heavy (non-hydrogen) atoms. The van der Waals surface area contributed by atoms with Crippen LogP contribution >= 0.6 is 0 Å². The fourth-order valence-electron chi connectivity index (χ4n) is 3.49. The number of hydrogen-bond donors (Lipinski definition) is 1. The summed E-state index contributed by atoms with van der Waals surface area (Å²) in [6.45, 7) is 2.56. The second kappa shape index (κ2) is 8.63. The summed E-state index contributed by atoms with van der Waals surface area (Å²) >= 11 is 0. The molecule has 2 fully saturated rings. The number of carbonyl (C=O) groups is 1. The van der Waals surface area contributed by atoms with E-state index in [1.807, 2.05) is 4.90 Å². The van der Waals surface area contributed by atoms with Crippen LogP contribution in [0.1, 0.15) is 32.1 Å². The second-order valence-corrected chi connectivity index (χ2v) is 6.90. The maximum absolute atomic E-state index is 13.3. The van der Waals surface area contributed by atoms with Crippen LogP contribution in [-0.2, 0) is 9.53 Å². The average molecular weight is 351 g/mol. The average Bonchev–Trinajstić information content (AvgIpc) is 2.78. The second-order valence-electron chi connectivity index (χ2n) is 6.90. The maximum Gasteiger partial charge on any atom is 0.222 e. The summed E-state index contributed by atoms with van der Waals surface area (Å²) in [7, 11) is 0. The largest absolute Gasteiger partial charge is 0.488 e. The van der Waals surface area contributed by atoms with Gasteiger partial charge in [-0.3, -0.25) is 4.79 Å². The lowest BCUT2D eigenvalue weighted by Gasteiger charge is -2.26. The molecular formula is C19H26FNO4. The van der Waals surface area contributed by atoms with Crippen LogP contribution in [0.25, 0.3) is 0 Å². The standard InChI is InChI=1S/C19H26FNO4/c20-15-2-1-3-16(13-15)25-18-5-9-21(8-4-17(18)22)19(23)12-14-6-10-24-11-7-14/h1-3,13-14,17-18,22H,4-12H2/t17-,18-/m0/s1. The first-order chi connectivity index (χ1) is 12.1. The molecule has 5 nitrogen and oxygen atoms in total. The normalized spacial score (nSPS) is 25.4. The van der Waals surface area contributed by atoms with Gasteiger partial charge in [-0.25, -0.2) is 4.39 Å². The van der Waals surface area contributed by atoms with Gasteiger partial charge in [-0.1, -0.05) is 6.07 Å². The van der Waals surface area contributed by atoms with Gasteiger partial charge >= 0.3 is 0 Å². The molecule has 0 unspecified atom stereocenters. The third kappa shape index (κ3) is 5.16. The minimum absolute atomic E-state index is 0.144. The molecule has 1 aromatic carbocycles. The van der Waals surface area contributed by atoms with E-state index in [2.05, 4.69) is 0 Å². The first-order valence-electron chi connectivity index (χ1n) is 9.07. The molecule has 0 radical (unpaired) electrons. The topological polar surface area (TPSA) is 59.0 Å². The number of likely N-dealkylation sites (tertiary alicyclic amines) is 1. The van der Waals surface area contributed by atoms with Gasteiger partial charge in [-0.2, -0.15) is 0 Å². The number of aliphatic hydroxyl groups excluding tert-OH is 1. The van der Waals surface area contributed by atoms with Gasteiger partial charge in [-0.05, 0) is 37.3 Å². The lowest BCUT2D eigenvalue weighted by molar-refractivity contribution is -0.132. The molecule has 1 amide bonds. The monoisotopic (exact) mass is 351 g/mol. The maximum atomic E-state index is 13.3. The highest BCUT2D eigenvalue weighted by atomic mass is 19.1. The predicted octanol–water partition coefficient (Wildman–Crippen LogP) is 2.37. The first-order valence-corrected chi connectivity index (χ1v) is 9.07. The van der Waals surface area contributed by atoms with Gasteiger partial charge in [0.2, 0.25) is 5.91 Å². The molecule has 2 aliphatic rings. The van der Waals surface area contributed by atoms with Gasteiger partial charge < -0.3 is 19.5 Å². The van der Waals surface area contributed by atoms with Crippen LogP contribution in [0.15, 0.2) is 24.3 Å². The minimum atomic E-state index is -0.663. The Bertz CT molecular complexity index is 576. The van der Waals surface area contributed by atoms with Crippen molar-refractivity contribution in [3.05, 3.63) is 30.1 Å². The number of benzene rings is 1. The van der Waals surface area contributed by atoms with Crippen molar-refractivity contribution >= 4 is 5.91 Å². The Labute approximate surface area is 147 Å². The zero-order chi connectivity index (χ0) is 17.6. The van der Waals surface area contributed by atoms with Crippen LogP contribution in [0.3, 0.4) is 0 Å². The summed E-state index contributed by atoms with van der Waals surface area (Å²) in [6.07, 6.45) is 2.35. The fourth-order valence-corrected chi connectivity index (χ4v) is 3.49. The number of amides is 1. The summed E-state index contributed by atoms with van der Waals surface area (Å²) in [4.78, 5) is 14.4.